The van der Waals surface area contributed by atoms with Crippen molar-refractivity contribution < 1.29 is 4.79 Å². The summed E-state index contributed by atoms with van der Waals surface area (Å²) in [7, 11) is 0. The first-order valence-corrected chi connectivity index (χ1v) is 5.40. The normalized spacial score (nSPS) is 11.7. The van der Waals surface area contributed by atoms with E-state index in [9.17, 15) is 4.79 Å². The molecule has 0 fully saturated rings. The average molecular weight is 185 g/mol. The lowest BCUT2D eigenvalue weighted by Gasteiger charge is -2.29. The molecule has 78 valence electrons. The number of hydrogen-bond acceptors (Lipinski definition) is 2. The predicted molar refractivity (Wildman–Crippen MR) is 56.9 cm³/mol. The van der Waals surface area contributed by atoms with Crippen LogP contribution in [0.5, 0.6) is 0 Å². The van der Waals surface area contributed by atoms with Crippen molar-refractivity contribution in [2.24, 2.45) is 5.41 Å². The van der Waals surface area contributed by atoms with Crippen LogP contribution in [0.15, 0.2) is 0 Å². The molecule has 2 heteroatoms. The summed E-state index contributed by atoms with van der Waals surface area (Å²) in [6, 6.07) is 0. The predicted octanol–water partition coefficient (Wildman–Crippen LogP) is 2.38. The molecule has 0 amide bonds. The van der Waals surface area contributed by atoms with Crippen molar-refractivity contribution in [1.29, 1.82) is 0 Å². The molecule has 0 bridgehead atoms. The Morgan fingerprint density at radius 1 is 1.15 bits per heavy atom. The molecule has 0 spiro atoms. The highest BCUT2D eigenvalue weighted by molar-refractivity contribution is 5.84. The lowest BCUT2D eigenvalue weighted by Crippen LogP contribution is -2.39. The van der Waals surface area contributed by atoms with Crippen molar-refractivity contribution in [3.8, 4) is 0 Å². The van der Waals surface area contributed by atoms with Gasteiger partial charge in [-0.3, -0.25) is 4.79 Å². The quantitative estimate of drug-likeness (QED) is 0.660. The van der Waals surface area contributed by atoms with E-state index in [-0.39, 0.29) is 5.41 Å². The maximum absolute atomic E-state index is 11.8. The second-order valence-corrected chi connectivity index (χ2v) is 3.54. The van der Waals surface area contributed by atoms with Gasteiger partial charge in [0.2, 0.25) is 0 Å². The van der Waals surface area contributed by atoms with Gasteiger partial charge in [-0.2, -0.15) is 0 Å². The molecule has 0 aromatic carbocycles. The van der Waals surface area contributed by atoms with Crippen LogP contribution in [0.4, 0.5) is 0 Å². The van der Waals surface area contributed by atoms with Crippen molar-refractivity contribution in [3.05, 3.63) is 0 Å². The number of rotatable bonds is 7. The molecule has 0 radical (unpaired) electrons. The van der Waals surface area contributed by atoms with E-state index in [1.54, 1.807) is 0 Å². The van der Waals surface area contributed by atoms with E-state index in [2.05, 4.69) is 26.1 Å². The number of ketones is 1. The maximum atomic E-state index is 11.8. The molecule has 0 rings (SSSR count). The first-order valence-electron chi connectivity index (χ1n) is 5.40. The molecule has 0 saturated heterocycles. The van der Waals surface area contributed by atoms with Gasteiger partial charge in [0.1, 0.15) is 5.78 Å². The molecule has 0 saturated carbocycles. The standard InChI is InChI=1S/C11H23NO/c1-5-10(13)11(6-2,7-3)9-12-8-4/h12H,5-9H2,1-4H3. The minimum Gasteiger partial charge on any atom is -0.316 e. The fourth-order valence-electron chi connectivity index (χ4n) is 1.73. The van der Waals surface area contributed by atoms with Crippen LogP contribution >= 0.6 is 0 Å². The second kappa shape index (κ2) is 6.14. The van der Waals surface area contributed by atoms with Gasteiger partial charge < -0.3 is 5.32 Å². The number of carbonyl (C=O) groups is 1. The zero-order valence-electron chi connectivity index (χ0n) is 9.44. The SMILES string of the molecule is CCNCC(CC)(CC)C(=O)CC. The molecule has 1 N–H and O–H groups in total. The summed E-state index contributed by atoms with van der Waals surface area (Å²) in [6.07, 6.45) is 2.55. The average Bonchev–Trinajstić information content (AvgIpc) is 2.19. The molecule has 13 heavy (non-hydrogen) atoms. The van der Waals surface area contributed by atoms with E-state index >= 15 is 0 Å². The first-order chi connectivity index (χ1) is 6.16. The molecule has 0 aliphatic carbocycles. The zero-order chi connectivity index (χ0) is 10.3. The Labute approximate surface area is 82.1 Å². The van der Waals surface area contributed by atoms with Gasteiger partial charge in [0.25, 0.3) is 0 Å². The zero-order valence-corrected chi connectivity index (χ0v) is 9.44. The van der Waals surface area contributed by atoms with Gasteiger partial charge in [0.15, 0.2) is 0 Å². The summed E-state index contributed by atoms with van der Waals surface area (Å²) in [5.74, 6) is 0.401. The van der Waals surface area contributed by atoms with Crippen LogP contribution in [0.3, 0.4) is 0 Å². The third kappa shape index (κ3) is 3.11. The number of nitrogens with one attached hydrogen (secondary N) is 1. The Hall–Kier alpha value is -0.370. The van der Waals surface area contributed by atoms with Crippen molar-refractivity contribution in [1.82, 2.24) is 5.32 Å². The van der Waals surface area contributed by atoms with E-state index in [1.165, 1.54) is 0 Å². The summed E-state index contributed by atoms with van der Waals surface area (Å²) in [5.41, 5.74) is -0.106. The van der Waals surface area contributed by atoms with Gasteiger partial charge in [-0.25, -0.2) is 0 Å². The summed E-state index contributed by atoms with van der Waals surface area (Å²) in [4.78, 5) is 11.8. The Morgan fingerprint density at radius 2 is 1.69 bits per heavy atom. The Bertz CT molecular complexity index is 150. The molecule has 0 unspecified atom stereocenters. The van der Waals surface area contributed by atoms with E-state index < -0.39 is 0 Å². The van der Waals surface area contributed by atoms with Crippen LogP contribution in [0.2, 0.25) is 0 Å². The van der Waals surface area contributed by atoms with Crippen LogP contribution in [0, 0.1) is 5.41 Å². The molecule has 2 nitrogen and oxygen atoms in total. The van der Waals surface area contributed by atoms with Gasteiger partial charge in [-0.15, -0.1) is 0 Å². The Balaban J connectivity index is 4.39. The summed E-state index contributed by atoms with van der Waals surface area (Å²) < 4.78 is 0. The lowest BCUT2D eigenvalue weighted by atomic mass is 9.77. The van der Waals surface area contributed by atoms with Gasteiger partial charge in [-0.05, 0) is 19.4 Å². The van der Waals surface area contributed by atoms with E-state index in [0.29, 0.717) is 12.2 Å². The van der Waals surface area contributed by atoms with E-state index in [4.69, 9.17) is 0 Å². The van der Waals surface area contributed by atoms with Crippen LogP contribution in [0.25, 0.3) is 0 Å². The monoisotopic (exact) mass is 185 g/mol. The lowest BCUT2D eigenvalue weighted by molar-refractivity contribution is -0.128. The molecule has 0 heterocycles. The number of Topliss-reactive ketones (excluding diaryl/α,β-unsaturated/α-hetero) is 1. The Kier molecular flexibility index (Phi) is 5.97. The molecular weight excluding hydrogens is 162 g/mol. The summed E-state index contributed by atoms with van der Waals surface area (Å²) in [6.45, 7) is 10.0. The molecule has 0 atom stereocenters. The van der Waals surface area contributed by atoms with Crippen molar-refractivity contribution in [3.63, 3.8) is 0 Å². The van der Waals surface area contributed by atoms with Gasteiger partial charge in [0, 0.05) is 18.4 Å². The molecule has 0 aliphatic rings. The summed E-state index contributed by atoms with van der Waals surface area (Å²) >= 11 is 0. The van der Waals surface area contributed by atoms with Crippen LogP contribution in [0.1, 0.15) is 47.0 Å². The molecule has 0 aromatic rings. The Morgan fingerprint density at radius 3 is 2.00 bits per heavy atom. The molecular formula is C11H23NO. The second-order valence-electron chi connectivity index (χ2n) is 3.54. The third-order valence-corrected chi connectivity index (χ3v) is 2.98. The fraction of sp³-hybridized carbons (Fsp3) is 0.909. The highest BCUT2D eigenvalue weighted by Crippen LogP contribution is 2.27. The summed E-state index contributed by atoms with van der Waals surface area (Å²) in [5, 5.41) is 3.29. The van der Waals surface area contributed by atoms with Crippen molar-refractivity contribution in [2.75, 3.05) is 13.1 Å². The fourth-order valence-corrected chi connectivity index (χ4v) is 1.73. The van der Waals surface area contributed by atoms with E-state index in [1.807, 2.05) is 6.92 Å². The molecule has 0 aromatic heterocycles. The minimum absolute atomic E-state index is 0.106. The topological polar surface area (TPSA) is 29.1 Å². The first kappa shape index (κ1) is 12.6. The smallest absolute Gasteiger partial charge is 0.140 e. The van der Waals surface area contributed by atoms with Crippen molar-refractivity contribution >= 4 is 5.78 Å². The van der Waals surface area contributed by atoms with Crippen LogP contribution in [-0.2, 0) is 4.79 Å². The van der Waals surface area contributed by atoms with Crippen LogP contribution in [-0.4, -0.2) is 18.9 Å². The maximum Gasteiger partial charge on any atom is 0.140 e. The highest BCUT2D eigenvalue weighted by Gasteiger charge is 2.32. The highest BCUT2D eigenvalue weighted by atomic mass is 16.1. The van der Waals surface area contributed by atoms with Crippen LogP contribution < -0.4 is 5.32 Å². The van der Waals surface area contributed by atoms with E-state index in [0.717, 1.165) is 25.9 Å². The van der Waals surface area contributed by atoms with Gasteiger partial charge in [-0.1, -0.05) is 27.7 Å². The van der Waals surface area contributed by atoms with Gasteiger partial charge in [0.05, 0.1) is 0 Å². The number of hydrogen-bond donors (Lipinski definition) is 1. The molecule has 0 aliphatic heterocycles. The number of carbonyl (C=O) groups excluding carboxylic acids is 1. The van der Waals surface area contributed by atoms with Gasteiger partial charge >= 0.3 is 0 Å². The largest absolute Gasteiger partial charge is 0.316 e. The third-order valence-electron chi connectivity index (χ3n) is 2.98. The minimum atomic E-state index is -0.106. The van der Waals surface area contributed by atoms with Crippen molar-refractivity contribution in [2.45, 2.75) is 47.0 Å².